The van der Waals surface area contributed by atoms with E-state index in [0.29, 0.717) is 17.7 Å². The number of primary amides is 2. The fourth-order valence-corrected chi connectivity index (χ4v) is 4.55. The van der Waals surface area contributed by atoms with Gasteiger partial charge in [-0.2, -0.15) is 0 Å². The molecule has 0 saturated carbocycles. The Morgan fingerprint density at radius 2 is 1.44 bits per heavy atom. The van der Waals surface area contributed by atoms with E-state index in [1.54, 1.807) is 25.3 Å². The van der Waals surface area contributed by atoms with Gasteiger partial charge in [-0.3, -0.25) is 9.59 Å². The minimum atomic E-state index is -0.485. The summed E-state index contributed by atoms with van der Waals surface area (Å²) in [6.07, 6.45) is 0. The van der Waals surface area contributed by atoms with E-state index in [4.69, 9.17) is 16.2 Å². The number of amides is 2. The molecule has 168 valence electrons. The third kappa shape index (κ3) is 3.55. The molecule has 0 saturated heterocycles. The molecule has 2 amide bonds. The fourth-order valence-electron chi connectivity index (χ4n) is 4.55. The Bertz CT molecular complexity index is 1570. The lowest BCUT2D eigenvalue weighted by Gasteiger charge is -2.12. The lowest BCUT2D eigenvalue weighted by molar-refractivity contribution is 0.0992. The van der Waals surface area contributed by atoms with Crippen LogP contribution < -0.4 is 16.2 Å². The molecule has 6 heteroatoms. The molecule has 4 aromatic carbocycles. The quantitative estimate of drug-likeness (QED) is 0.392. The molecule has 0 radical (unpaired) electrons. The Kier molecular flexibility index (Phi) is 5.26. The highest BCUT2D eigenvalue weighted by atomic mass is 16.5. The molecule has 0 spiro atoms. The number of rotatable bonds is 6. The Balaban J connectivity index is 1.78. The third-order valence-corrected chi connectivity index (χ3v) is 6.19. The zero-order chi connectivity index (χ0) is 23.8. The van der Waals surface area contributed by atoms with Crippen LogP contribution in [0.2, 0.25) is 0 Å². The highest BCUT2D eigenvalue weighted by Crippen LogP contribution is 2.35. The molecule has 0 unspecified atom stereocenters. The van der Waals surface area contributed by atoms with Crippen LogP contribution in [-0.4, -0.2) is 23.5 Å². The first-order valence-corrected chi connectivity index (χ1v) is 10.8. The van der Waals surface area contributed by atoms with Crippen LogP contribution in [-0.2, 0) is 6.54 Å². The van der Waals surface area contributed by atoms with Crippen molar-refractivity contribution in [1.82, 2.24) is 4.57 Å². The van der Waals surface area contributed by atoms with Crippen LogP contribution in [0.5, 0.6) is 5.75 Å². The van der Waals surface area contributed by atoms with Crippen molar-refractivity contribution in [2.45, 2.75) is 6.54 Å². The van der Waals surface area contributed by atoms with Crippen molar-refractivity contribution in [2.24, 2.45) is 11.5 Å². The van der Waals surface area contributed by atoms with E-state index < -0.39 is 11.8 Å². The lowest BCUT2D eigenvalue weighted by atomic mass is 10.0. The highest BCUT2D eigenvalue weighted by Gasteiger charge is 2.18. The standard InChI is InChI=1S/C28H23N3O3/c1-34-20-12-9-17(10-13-20)18-11-14-22-25(15-18)31(16-19-5-2-3-6-21(19)27(29)32)24-8-4-7-23(26(22)24)28(30)33/h2-15H,16H2,1H3,(H2,29,32)(H2,30,33). The van der Waals surface area contributed by atoms with Gasteiger partial charge in [0.05, 0.1) is 18.1 Å². The zero-order valence-electron chi connectivity index (χ0n) is 18.6. The monoisotopic (exact) mass is 449 g/mol. The molecule has 6 nitrogen and oxygen atoms in total. The summed E-state index contributed by atoms with van der Waals surface area (Å²) in [4.78, 5) is 24.3. The average Bonchev–Trinajstić information content (AvgIpc) is 3.17. The second-order valence-corrected chi connectivity index (χ2v) is 8.13. The SMILES string of the molecule is COc1ccc(-c2ccc3c4c(C(N)=O)cccc4n(Cc4ccccc4C(N)=O)c3c2)cc1. The van der Waals surface area contributed by atoms with Gasteiger partial charge < -0.3 is 20.8 Å². The predicted octanol–water partition coefficient (Wildman–Crippen LogP) is 4.72. The molecule has 0 aliphatic carbocycles. The van der Waals surface area contributed by atoms with Gasteiger partial charge in [0.25, 0.3) is 0 Å². The van der Waals surface area contributed by atoms with E-state index in [-0.39, 0.29) is 0 Å². The summed E-state index contributed by atoms with van der Waals surface area (Å²) in [6.45, 7) is 0.410. The van der Waals surface area contributed by atoms with Crippen molar-refractivity contribution >= 4 is 33.6 Å². The average molecular weight is 450 g/mol. The fraction of sp³-hybridized carbons (Fsp3) is 0.0714. The van der Waals surface area contributed by atoms with E-state index in [1.165, 1.54) is 0 Å². The maximum Gasteiger partial charge on any atom is 0.249 e. The number of hydrogen-bond donors (Lipinski definition) is 2. The van der Waals surface area contributed by atoms with E-state index in [1.807, 2.05) is 60.7 Å². The van der Waals surface area contributed by atoms with Gasteiger partial charge in [0, 0.05) is 28.4 Å². The molecule has 0 aliphatic rings. The molecule has 0 bridgehead atoms. The number of nitrogens with zero attached hydrogens (tertiary/aromatic N) is 1. The van der Waals surface area contributed by atoms with Crippen LogP contribution >= 0.6 is 0 Å². The van der Waals surface area contributed by atoms with Gasteiger partial charge in [-0.1, -0.05) is 48.5 Å². The molecule has 1 aromatic heterocycles. The summed E-state index contributed by atoms with van der Waals surface area (Å²) in [5.74, 6) is -0.178. The molecule has 0 fully saturated rings. The Hall–Kier alpha value is -4.58. The summed E-state index contributed by atoms with van der Waals surface area (Å²) in [5, 5.41) is 1.71. The van der Waals surface area contributed by atoms with E-state index >= 15 is 0 Å². The third-order valence-electron chi connectivity index (χ3n) is 6.19. The smallest absolute Gasteiger partial charge is 0.249 e. The van der Waals surface area contributed by atoms with E-state index in [9.17, 15) is 9.59 Å². The molecule has 1 heterocycles. The predicted molar refractivity (Wildman–Crippen MR) is 134 cm³/mol. The topological polar surface area (TPSA) is 100 Å². The van der Waals surface area contributed by atoms with Crippen molar-refractivity contribution in [3.63, 3.8) is 0 Å². The Morgan fingerprint density at radius 1 is 0.765 bits per heavy atom. The number of aromatic nitrogens is 1. The number of nitrogens with two attached hydrogens (primary N) is 2. The number of carbonyl (C=O) groups excluding carboxylic acids is 2. The molecule has 34 heavy (non-hydrogen) atoms. The maximum absolute atomic E-state index is 12.3. The molecular formula is C28H23N3O3. The van der Waals surface area contributed by atoms with E-state index in [2.05, 4.69) is 10.6 Å². The minimum absolute atomic E-state index is 0.410. The van der Waals surface area contributed by atoms with Gasteiger partial charge in [-0.15, -0.1) is 0 Å². The van der Waals surface area contributed by atoms with Crippen molar-refractivity contribution in [1.29, 1.82) is 0 Å². The maximum atomic E-state index is 12.3. The van der Waals surface area contributed by atoms with Crippen molar-refractivity contribution < 1.29 is 14.3 Å². The van der Waals surface area contributed by atoms with Crippen molar-refractivity contribution in [2.75, 3.05) is 7.11 Å². The lowest BCUT2D eigenvalue weighted by Crippen LogP contribution is -2.15. The van der Waals surface area contributed by atoms with E-state index in [0.717, 1.165) is 44.2 Å². The summed E-state index contributed by atoms with van der Waals surface area (Å²) >= 11 is 0. The van der Waals surface area contributed by atoms with Gasteiger partial charge in [0.2, 0.25) is 11.8 Å². The molecule has 4 N–H and O–H groups in total. The van der Waals surface area contributed by atoms with Gasteiger partial charge in [0.1, 0.15) is 5.75 Å². The number of carbonyl (C=O) groups is 2. The van der Waals surface area contributed by atoms with Crippen molar-refractivity contribution in [3.05, 3.63) is 102 Å². The number of hydrogen-bond acceptors (Lipinski definition) is 3. The van der Waals surface area contributed by atoms with Crippen LogP contribution in [0.25, 0.3) is 32.9 Å². The number of methoxy groups -OCH3 is 1. The zero-order valence-corrected chi connectivity index (χ0v) is 18.6. The Labute approximate surface area is 196 Å². The summed E-state index contributed by atoms with van der Waals surface area (Å²) in [6, 6.07) is 26.8. The first-order chi connectivity index (χ1) is 16.5. The molecule has 0 aliphatic heterocycles. The van der Waals surface area contributed by atoms with Crippen molar-refractivity contribution in [3.8, 4) is 16.9 Å². The second-order valence-electron chi connectivity index (χ2n) is 8.13. The number of fused-ring (bicyclic) bond motifs is 3. The van der Waals surface area contributed by atoms with Gasteiger partial charge in [0.15, 0.2) is 0 Å². The second kappa shape index (κ2) is 8.41. The van der Waals surface area contributed by atoms with Crippen LogP contribution in [0.1, 0.15) is 26.3 Å². The Morgan fingerprint density at radius 3 is 2.15 bits per heavy atom. The number of ether oxygens (including phenoxy) is 1. The first kappa shape index (κ1) is 21.3. The largest absolute Gasteiger partial charge is 0.497 e. The molecule has 5 rings (SSSR count). The van der Waals surface area contributed by atoms with Crippen LogP contribution in [0.4, 0.5) is 0 Å². The molecule has 5 aromatic rings. The van der Waals surface area contributed by atoms with Gasteiger partial charge >= 0.3 is 0 Å². The minimum Gasteiger partial charge on any atom is -0.497 e. The summed E-state index contributed by atoms with van der Waals surface area (Å²) in [7, 11) is 1.64. The first-order valence-electron chi connectivity index (χ1n) is 10.8. The van der Waals surface area contributed by atoms with Crippen LogP contribution in [0, 0.1) is 0 Å². The van der Waals surface area contributed by atoms with Crippen LogP contribution in [0.15, 0.2) is 84.9 Å². The molecule has 0 atom stereocenters. The van der Waals surface area contributed by atoms with Gasteiger partial charge in [-0.25, -0.2) is 0 Å². The summed E-state index contributed by atoms with van der Waals surface area (Å²) < 4.78 is 7.38. The van der Waals surface area contributed by atoms with Gasteiger partial charge in [-0.05, 0) is 53.1 Å². The normalized spacial score (nSPS) is 11.1. The summed E-state index contributed by atoms with van der Waals surface area (Å²) in [5.41, 5.74) is 16.9. The van der Waals surface area contributed by atoms with Crippen LogP contribution in [0.3, 0.4) is 0 Å². The highest BCUT2D eigenvalue weighted by molar-refractivity contribution is 6.18. The number of benzene rings is 4. The molecular weight excluding hydrogens is 426 g/mol.